The highest BCUT2D eigenvalue weighted by atomic mass is 16.5. The first-order chi connectivity index (χ1) is 10.6. The lowest BCUT2D eigenvalue weighted by atomic mass is 10.1. The predicted molar refractivity (Wildman–Crippen MR) is 79.5 cm³/mol. The molecule has 2 aliphatic rings. The second-order valence-corrected chi connectivity index (χ2v) is 5.82. The second kappa shape index (κ2) is 5.91. The maximum atomic E-state index is 12.5. The van der Waals surface area contributed by atoms with Crippen molar-refractivity contribution in [3.05, 3.63) is 29.3 Å². The number of amides is 1. The van der Waals surface area contributed by atoms with Crippen molar-refractivity contribution < 1.29 is 19.1 Å². The fraction of sp³-hybridized carbons (Fsp3) is 0.471. The molecule has 0 unspecified atom stereocenters. The van der Waals surface area contributed by atoms with Gasteiger partial charge in [-0.3, -0.25) is 9.59 Å². The van der Waals surface area contributed by atoms with Gasteiger partial charge >= 0.3 is 5.97 Å². The molecule has 1 aromatic carbocycles. The van der Waals surface area contributed by atoms with Gasteiger partial charge in [-0.1, -0.05) is 25.8 Å². The quantitative estimate of drug-likeness (QED) is 0.487. The van der Waals surface area contributed by atoms with Gasteiger partial charge < -0.3 is 9.64 Å². The van der Waals surface area contributed by atoms with Gasteiger partial charge in [0, 0.05) is 23.6 Å². The molecule has 1 aliphatic carbocycles. The van der Waals surface area contributed by atoms with Gasteiger partial charge in [-0.25, -0.2) is 4.79 Å². The summed E-state index contributed by atoms with van der Waals surface area (Å²) >= 11 is 0. The van der Waals surface area contributed by atoms with E-state index < -0.39 is 11.8 Å². The van der Waals surface area contributed by atoms with Crippen molar-refractivity contribution in [3.8, 4) is 5.75 Å². The largest absolute Gasteiger partial charge is 0.420 e. The zero-order valence-electron chi connectivity index (χ0n) is 12.6. The lowest BCUT2D eigenvalue weighted by Gasteiger charge is -2.23. The van der Waals surface area contributed by atoms with E-state index in [-0.39, 0.29) is 18.4 Å². The van der Waals surface area contributed by atoms with Crippen LogP contribution in [-0.2, 0) is 16.1 Å². The Hall–Kier alpha value is -2.17. The number of hydrogen-bond acceptors (Lipinski definition) is 4. The van der Waals surface area contributed by atoms with E-state index in [1.807, 2.05) is 4.90 Å². The summed E-state index contributed by atoms with van der Waals surface area (Å²) in [7, 11) is 0. The molecule has 5 nitrogen and oxygen atoms in total. The van der Waals surface area contributed by atoms with Gasteiger partial charge in [0.1, 0.15) is 5.75 Å². The van der Waals surface area contributed by atoms with Crippen molar-refractivity contribution in [1.29, 1.82) is 0 Å². The Bertz CT molecular complexity index is 632. The molecule has 0 radical (unpaired) electrons. The molecule has 116 valence electrons. The minimum Gasteiger partial charge on any atom is -0.420 e. The number of esters is 1. The molecule has 1 amide bonds. The number of Topliss-reactive ketones (excluding diaryl/α,β-unsaturated/α-hetero) is 1. The number of benzene rings is 1. The van der Waals surface area contributed by atoms with Crippen LogP contribution in [0.5, 0.6) is 5.75 Å². The molecule has 0 atom stereocenters. The highest BCUT2D eigenvalue weighted by molar-refractivity contribution is 6.34. The average Bonchev–Trinajstić information content (AvgIpc) is 3.15. The molecule has 5 heteroatoms. The smallest absolute Gasteiger partial charge is 0.379 e. The maximum absolute atomic E-state index is 12.5. The van der Waals surface area contributed by atoms with Crippen LogP contribution in [0.4, 0.5) is 0 Å². The third-order valence-corrected chi connectivity index (χ3v) is 4.47. The Morgan fingerprint density at radius 2 is 2.00 bits per heavy atom. The van der Waals surface area contributed by atoms with Crippen LogP contribution in [0.3, 0.4) is 0 Å². The van der Waals surface area contributed by atoms with Crippen LogP contribution in [0.2, 0.25) is 0 Å². The molecule has 1 saturated carbocycles. The summed E-state index contributed by atoms with van der Waals surface area (Å²) in [6.07, 6.45) is 4.47. The lowest BCUT2D eigenvalue weighted by Crippen LogP contribution is -2.33. The van der Waals surface area contributed by atoms with Gasteiger partial charge in [-0.2, -0.15) is 0 Å². The Labute approximate surface area is 129 Å². The Kier molecular flexibility index (Phi) is 3.96. The van der Waals surface area contributed by atoms with E-state index in [4.69, 9.17) is 4.74 Å². The van der Waals surface area contributed by atoms with Crippen molar-refractivity contribution in [2.45, 2.75) is 51.6 Å². The molecule has 3 rings (SSSR count). The van der Waals surface area contributed by atoms with Crippen LogP contribution in [0.25, 0.3) is 0 Å². The van der Waals surface area contributed by atoms with Gasteiger partial charge in [0.2, 0.25) is 5.78 Å². The van der Waals surface area contributed by atoms with E-state index in [1.165, 1.54) is 0 Å². The number of carbonyl (C=O) groups is 3. The minimum atomic E-state index is -0.859. The van der Waals surface area contributed by atoms with Crippen LogP contribution in [0.15, 0.2) is 18.2 Å². The standard InChI is InChI=1S/C17H19NO4/c1-2-14(19)17(21)22-15-9-5-8-12-13(15)10-18(16(12)20)11-6-3-4-7-11/h5,8-9,11H,2-4,6-7,10H2,1H3. The highest BCUT2D eigenvalue weighted by Gasteiger charge is 2.36. The number of carbonyl (C=O) groups excluding carboxylic acids is 3. The monoisotopic (exact) mass is 301 g/mol. The van der Waals surface area contributed by atoms with Gasteiger partial charge in [-0.05, 0) is 25.0 Å². The molecule has 0 saturated heterocycles. The highest BCUT2D eigenvalue weighted by Crippen LogP contribution is 2.35. The molecule has 1 fully saturated rings. The lowest BCUT2D eigenvalue weighted by molar-refractivity contribution is -0.147. The molecule has 0 bridgehead atoms. The molecule has 1 aliphatic heterocycles. The molecular formula is C17H19NO4. The fourth-order valence-electron chi connectivity index (χ4n) is 3.23. The summed E-state index contributed by atoms with van der Waals surface area (Å²) in [5.41, 5.74) is 1.30. The number of nitrogens with zero attached hydrogens (tertiary/aromatic N) is 1. The zero-order chi connectivity index (χ0) is 15.7. The molecular weight excluding hydrogens is 282 g/mol. The van der Waals surface area contributed by atoms with E-state index in [0.29, 0.717) is 17.9 Å². The normalized spacial score (nSPS) is 17.7. The number of fused-ring (bicyclic) bond motifs is 1. The van der Waals surface area contributed by atoms with Crippen molar-refractivity contribution in [3.63, 3.8) is 0 Å². The van der Waals surface area contributed by atoms with Crippen LogP contribution in [0.1, 0.15) is 54.9 Å². The van der Waals surface area contributed by atoms with Crippen LogP contribution < -0.4 is 4.74 Å². The first kappa shape index (κ1) is 14.8. The SMILES string of the molecule is CCC(=O)C(=O)Oc1cccc2c1CN(C1CCCC1)C2=O. The van der Waals surface area contributed by atoms with E-state index in [2.05, 4.69) is 0 Å². The number of hydrogen-bond donors (Lipinski definition) is 0. The topological polar surface area (TPSA) is 63.7 Å². The van der Waals surface area contributed by atoms with Crippen LogP contribution in [0, 0.1) is 0 Å². The van der Waals surface area contributed by atoms with Gasteiger partial charge in [0.15, 0.2) is 0 Å². The first-order valence-electron chi connectivity index (χ1n) is 7.79. The second-order valence-electron chi connectivity index (χ2n) is 5.82. The molecule has 22 heavy (non-hydrogen) atoms. The third kappa shape index (κ3) is 2.51. The molecule has 0 spiro atoms. The average molecular weight is 301 g/mol. The fourth-order valence-corrected chi connectivity index (χ4v) is 3.23. The molecule has 0 aromatic heterocycles. The Morgan fingerprint density at radius 3 is 2.68 bits per heavy atom. The van der Waals surface area contributed by atoms with Gasteiger partial charge in [-0.15, -0.1) is 0 Å². The van der Waals surface area contributed by atoms with E-state index >= 15 is 0 Å². The first-order valence-corrected chi connectivity index (χ1v) is 7.79. The maximum Gasteiger partial charge on any atom is 0.379 e. The summed E-state index contributed by atoms with van der Waals surface area (Å²) in [6.45, 7) is 2.08. The minimum absolute atomic E-state index is 0.00150. The zero-order valence-corrected chi connectivity index (χ0v) is 12.6. The summed E-state index contributed by atoms with van der Waals surface area (Å²) < 4.78 is 5.20. The van der Waals surface area contributed by atoms with E-state index in [9.17, 15) is 14.4 Å². The Morgan fingerprint density at radius 1 is 1.27 bits per heavy atom. The van der Waals surface area contributed by atoms with Crippen LogP contribution >= 0.6 is 0 Å². The van der Waals surface area contributed by atoms with E-state index in [1.54, 1.807) is 25.1 Å². The molecule has 0 N–H and O–H groups in total. The van der Waals surface area contributed by atoms with Crippen molar-refractivity contribution in [1.82, 2.24) is 4.90 Å². The summed E-state index contributed by atoms with van der Waals surface area (Å²) in [6, 6.07) is 5.37. The Balaban J connectivity index is 1.84. The van der Waals surface area contributed by atoms with Crippen molar-refractivity contribution >= 4 is 17.7 Å². The predicted octanol–water partition coefficient (Wildman–Crippen LogP) is 2.47. The van der Waals surface area contributed by atoms with Crippen molar-refractivity contribution in [2.24, 2.45) is 0 Å². The number of ether oxygens (including phenoxy) is 1. The molecule has 1 aromatic rings. The number of ketones is 1. The third-order valence-electron chi connectivity index (χ3n) is 4.47. The van der Waals surface area contributed by atoms with Crippen molar-refractivity contribution in [2.75, 3.05) is 0 Å². The van der Waals surface area contributed by atoms with E-state index in [0.717, 1.165) is 31.2 Å². The van der Waals surface area contributed by atoms with Crippen LogP contribution in [-0.4, -0.2) is 28.6 Å². The van der Waals surface area contributed by atoms with Gasteiger partial charge in [0.25, 0.3) is 5.91 Å². The van der Waals surface area contributed by atoms with Gasteiger partial charge in [0.05, 0.1) is 6.54 Å². The number of rotatable bonds is 4. The summed E-state index contributed by atoms with van der Waals surface area (Å²) in [5.74, 6) is -1.09. The molecule has 1 heterocycles. The summed E-state index contributed by atoms with van der Waals surface area (Å²) in [5, 5.41) is 0. The summed E-state index contributed by atoms with van der Waals surface area (Å²) in [4.78, 5) is 37.5.